The molecular formula is C17H26N2O2. The number of ketones is 1. The summed E-state index contributed by atoms with van der Waals surface area (Å²) in [4.78, 5) is 14.6. The van der Waals surface area contributed by atoms with Crippen LogP contribution in [0.25, 0.3) is 0 Å². The minimum atomic E-state index is 0.175. The van der Waals surface area contributed by atoms with E-state index in [4.69, 9.17) is 5.73 Å². The lowest BCUT2D eigenvalue weighted by atomic mass is 9.99. The molecule has 1 aromatic rings. The van der Waals surface area contributed by atoms with E-state index in [1.54, 1.807) is 0 Å². The smallest absolute Gasteiger partial charge is 0.163 e. The highest BCUT2D eigenvalue weighted by atomic mass is 16.3. The van der Waals surface area contributed by atoms with Crippen LogP contribution in [0, 0.1) is 0 Å². The number of Topliss-reactive ketones (excluding diaryl/α,β-unsaturated/α-hetero) is 1. The van der Waals surface area contributed by atoms with Crippen LogP contribution in [-0.4, -0.2) is 41.5 Å². The molecule has 0 bridgehead atoms. The van der Waals surface area contributed by atoms with Gasteiger partial charge in [-0.25, -0.2) is 0 Å². The van der Waals surface area contributed by atoms with Crippen molar-refractivity contribution >= 4 is 5.78 Å². The molecule has 1 saturated heterocycles. The summed E-state index contributed by atoms with van der Waals surface area (Å²) >= 11 is 0. The maximum absolute atomic E-state index is 12.3. The first-order valence-electron chi connectivity index (χ1n) is 7.92. The number of nitrogens with two attached hydrogens (primary N) is 1. The van der Waals surface area contributed by atoms with Gasteiger partial charge in [0, 0.05) is 24.6 Å². The Kier molecular flexibility index (Phi) is 6.36. The molecule has 1 fully saturated rings. The molecule has 0 radical (unpaired) electrons. The number of aliphatic hydroxyl groups is 1. The van der Waals surface area contributed by atoms with E-state index in [2.05, 4.69) is 4.90 Å². The number of carbonyl (C=O) groups excluding carboxylic acids is 1. The maximum Gasteiger partial charge on any atom is 0.163 e. The summed E-state index contributed by atoms with van der Waals surface area (Å²) in [6.45, 7) is 2.56. The van der Waals surface area contributed by atoms with Gasteiger partial charge >= 0.3 is 0 Å². The molecule has 0 amide bonds. The average molecular weight is 290 g/mol. The summed E-state index contributed by atoms with van der Waals surface area (Å²) in [7, 11) is 0. The molecule has 1 unspecified atom stereocenters. The van der Waals surface area contributed by atoms with Crippen LogP contribution in [-0.2, 0) is 6.54 Å². The number of piperidine rings is 1. The van der Waals surface area contributed by atoms with Gasteiger partial charge in [-0.2, -0.15) is 0 Å². The second-order valence-corrected chi connectivity index (χ2v) is 5.76. The highest BCUT2D eigenvalue weighted by Crippen LogP contribution is 2.18. The van der Waals surface area contributed by atoms with Crippen LogP contribution in [0.1, 0.15) is 48.0 Å². The van der Waals surface area contributed by atoms with Crippen LogP contribution in [0.4, 0.5) is 0 Å². The third kappa shape index (κ3) is 4.37. The van der Waals surface area contributed by atoms with E-state index in [1.807, 2.05) is 24.3 Å². The Hall–Kier alpha value is -1.23. The molecule has 0 aromatic heterocycles. The molecule has 1 atom stereocenters. The van der Waals surface area contributed by atoms with Crippen molar-refractivity contribution in [3.05, 3.63) is 35.4 Å². The van der Waals surface area contributed by atoms with Gasteiger partial charge in [0.25, 0.3) is 0 Å². The minimum absolute atomic E-state index is 0.175. The molecule has 1 aromatic carbocycles. The van der Waals surface area contributed by atoms with E-state index in [0.29, 0.717) is 13.0 Å². The predicted molar refractivity (Wildman–Crippen MR) is 84.2 cm³/mol. The Morgan fingerprint density at radius 3 is 2.90 bits per heavy atom. The van der Waals surface area contributed by atoms with Crippen LogP contribution in [0.3, 0.4) is 0 Å². The Bertz CT molecular complexity index is 462. The lowest BCUT2D eigenvalue weighted by Gasteiger charge is -2.34. The molecule has 0 saturated carbocycles. The third-order valence-corrected chi connectivity index (χ3v) is 4.35. The molecule has 1 heterocycles. The second kappa shape index (κ2) is 8.27. The van der Waals surface area contributed by atoms with Crippen molar-refractivity contribution in [1.82, 2.24) is 4.90 Å². The van der Waals surface area contributed by atoms with E-state index in [1.165, 1.54) is 12.8 Å². The molecule has 1 aliphatic heterocycles. The lowest BCUT2D eigenvalue weighted by Crippen LogP contribution is -2.42. The maximum atomic E-state index is 12.3. The number of hydrogen-bond donors (Lipinski definition) is 2. The highest BCUT2D eigenvalue weighted by Gasteiger charge is 2.21. The fourth-order valence-corrected chi connectivity index (χ4v) is 3.11. The zero-order valence-electron chi connectivity index (χ0n) is 12.6. The first-order valence-corrected chi connectivity index (χ1v) is 7.92. The molecule has 1 aliphatic rings. The van der Waals surface area contributed by atoms with Crippen molar-refractivity contribution in [3.63, 3.8) is 0 Å². The largest absolute Gasteiger partial charge is 0.395 e. The van der Waals surface area contributed by atoms with Crippen molar-refractivity contribution in [1.29, 1.82) is 0 Å². The number of nitrogens with zero attached hydrogens (tertiary/aromatic N) is 1. The summed E-state index contributed by atoms with van der Waals surface area (Å²) in [5.41, 5.74) is 7.37. The molecule has 4 nitrogen and oxygen atoms in total. The number of aliphatic hydroxyl groups excluding tert-OH is 1. The van der Waals surface area contributed by atoms with Crippen molar-refractivity contribution in [2.75, 3.05) is 19.7 Å². The Morgan fingerprint density at radius 2 is 2.14 bits per heavy atom. The predicted octanol–water partition coefficient (Wildman–Crippen LogP) is 1.95. The Balaban J connectivity index is 1.84. The van der Waals surface area contributed by atoms with Crippen LogP contribution in [0.2, 0.25) is 0 Å². The molecule has 0 aliphatic carbocycles. The summed E-state index contributed by atoms with van der Waals surface area (Å²) in [5, 5.41) is 9.39. The van der Waals surface area contributed by atoms with E-state index in [0.717, 1.165) is 37.1 Å². The second-order valence-electron chi connectivity index (χ2n) is 5.76. The van der Waals surface area contributed by atoms with Crippen molar-refractivity contribution in [2.24, 2.45) is 5.73 Å². The number of benzene rings is 1. The number of likely N-dealkylation sites (tertiary alicyclic amines) is 1. The quantitative estimate of drug-likeness (QED) is 0.753. The van der Waals surface area contributed by atoms with Crippen LogP contribution in [0.15, 0.2) is 24.3 Å². The van der Waals surface area contributed by atoms with E-state index in [9.17, 15) is 9.90 Å². The van der Waals surface area contributed by atoms with Gasteiger partial charge in [-0.15, -0.1) is 0 Å². The average Bonchev–Trinajstić information content (AvgIpc) is 2.55. The first kappa shape index (κ1) is 16.1. The van der Waals surface area contributed by atoms with Crippen molar-refractivity contribution < 1.29 is 9.90 Å². The molecule has 2 rings (SSSR count). The van der Waals surface area contributed by atoms with E-state index >= 15 is 0 Å². The summed E-state index contributed by atoms with van der Waals surface area (Å²) < 4.78 is 0. The number of rotatable bonds is 7. The Labute approximate surface area is 126 Å². The van der Waals surface area contributed by atoms with Gasteiger partial charge in [-0.3, -0.25) is 9.69 Å². The zero-order chi connectivity index (χ0) is 15.1. The number of carbonyl (C=O) groups is 1. The minimum Gasteiger partial charge on any atom is -0.395 e. The summed E-state index contributed by atoms with van der Waals surface area (Å²) in [6, 6.07) is 7.86. The standard InChI is InChI=1S/C17H26N2O2/c18-12-14-6-1-2-8-16(14)17(21)9-5-11-19-10-4-3-7-15(19)13-20/h1-2,6,8,15,20H,3-5,7,9-13,18H2. The number of hydrogen-bond acceptors (Lipinski definition) is 4. The van der Waals surface area contributed by atoms with Gasteiger partial charge in [0.1, 0.15) is 0 Å². The fourth-order valence-electron chi connectivity index (χ4n) is 3.11. The highest BCUT2D eigenvalue weighted by molar-refractivity contribution is 5.97. The van der Waals surface area contributed by atoms with Crippen LogP contribution in [0.5, 0.6) is 0 Å². The van der Waals surface area contributed by atoms with Gasteiger partial charge in [0.15, 0.2) is 5.78 Å². The topological polar surface area (TPSA) is 66.6 Å². The van der Waals surface area contributed by atoms with Crippen molar-refractivity contribution in [2.45, 2.75) is 44.7 Å². The monoisotopic (exact) mass is 290 g/mol. The van der Waals surface area contributed by atoms with Crippen LogP contribution >= 0.6 is 0 Å². The summed E-state index contributed by atoms with van der Waals surface area (Å²) in [5.74, 6) is 0.175. The van der Waals surface area contributed by atoms with Gasteiger partial charge < -0.3 is 10.8 Å². The fraction of sp³-hybridized carbons (Fsp3) is 0.588. The third-order valence-electron chi connectivity index (χ3n) is 4.35. The molecule has 116 valence electrons. The molecule has 21 heavy (non-hydrogen) atoms. The molecule has 3 N–H and O–H groups in total. The molecular weight excluding hydrogens is 264 g/mol. The van der Waals surface area contributed by atoms with Gasteiger partial charge in [0.05, 0.1) is 6.61 Å². The van der Waals surface area contributed by atoms with Crippen molar-refractivity contribution in [3.8, 4) is 0 Å². The van der Waals surface area contributed by atoms with Gasteiger partial charge in [-0.05, 0) is 37.9 Å². The van der Waals surface area contributed by atoms with Gasteiger partial charge in [0.2, 0.25) is 0 Å². The summed E-state index contributed by atoms with van der Waals surface area (Å²) in [6.07, 6.45) is 4.85. The normalized spacial score (nSPS) is 19.6. The van der Waals surface area contributed by atoms with Gasteiger partial charge in [-0.1, -0.05) is 30.7 Å². The van der Waals surface area contributed by atoms with E-state index < -0.39 is 0 Å². The molecule has 4 heteroatoms. The SMILES string of the molecule is NCc1ccccc1C(=O)CCCN1CCCCC1CO. The molecule has 0 spiro atoms. The first-order chi connectivity index (χ1) is 10.3. The zero-order valence-corrected chi connectivity index (χ0v) is 12.6. The van der Waals surface area contributed by atoms with Crippen LogP contribution < -0.4 is 5.73 Å². The van der Waals surface area contributed by atoms with E-state index in [-0.39, 0.29) is 18.4 Å². The lowest BCUT2D eigenvalue weighted by molar-refractivity contribution is 0.0846. The Morgan fingerprint density at radius 1 is 1.33 bits per heavy atom.